The maximum absolute atomic E-state index is 5.77. The van der Waals surface area contributed by atoms with Gasteiger partial charge in [-0.05, 0) is 22.9 Å². The average molecular weight is 271 g/mol. The van der Waals surface area contributed by atoms with Crippen LogP contribution in [0.15, 0.2) is 29.6 Å². The summed E-state index contributed by atoms with van der Waals surface area (Å²) in [6, 6.07) is 8.17. The molecule has 0 aliphatic heterocycles. The SMILES string of the molecule is CN(C)c1nc(N)nc(-c2cccc3ccsc23)n1. The van der Waals surface area contributed by atoms with Gasteiger partial charge in [-0.15, -0.1) is 11.3 Å². The van der Waals surface area contributed by atoms with Gasteiger partial charge in [0.1, 0.15) is 0 Å². The zero-order chi connectivity index (χ0) is 13.4. The van der Waals surface area contributed by atoms with Gasteiger partial charge in [-0.25, -0.2) is 0 Å². The molecule has 0 fully saturated rings. The van der Waals surface area contributed by atoms with Crippen molar-refractivity contribution in [3.05, 3.63) is 29.6 Å². The molecule has 2 N–H and O–H groups in total. The Morgan fingerprint density at radius 3 is 2.74 bits per heavy atom. The number of benzene rings is 1. The Kier molecular flexibility index (Phi) is 2.79. The van der Waals surface area contributed by atoms with E-state index in [9.17, 15) is 0 Å². The van der Waals surface area contributed by atoms with Crippen molar-refractivity contribution < 1.29 is 0 Å². The summed E-state index contributed by atoms with van der Waals surface area (Å²) in [5.74, 6) is 1.42. The summed E-state index contributed by atoms with van der Waals surface area (Å²) in [6.07, 6.45) is 0. The molecule has 3 rings (SSSR count). The minimum Gasteiger partial charge on any atom is -0.368 e. The standard InChI is InChI=1S/C13H13N5S/c1-18(2)13-16-11(15-12(14)17-13)9-5-3-4-8-6-7-19-10(8)9/h3-7H,1-2H3,(H2,14,15,16,17). The molecule has 19 heavy (non-hydrogen) atoms. The molecule has 0 atom stereocenters. The number of nitrogens with two attached hydrogens (primary N) is 1. The molecular weight excluding hydrogens is 258 g/mol. The molecule has 0 bridgehead atoms. The van der Waals surface area contributed by atoms with Crippen LogP contribution in [-0.2, 0) is 0 Å². The number of hydrogen-bond acceptors (Lipinski definition) is 6. The molecule has 96 valence electrons. The summed E-state index contributed by atoms with van der Waals surface area (Å²) in [7, 11) is 3.76. The summed E-state index contributed by atoms with van der Waals surface area (Å²) < 4.78 is 1.16. The van der Waals surface area contributed by atoms with Gasteiger partial charge in [-0.3, -0.25) is 0 Å². The van der Waals surface area contributed by atoms with E-state index in [0.717, 1.165) is 10.3 Å². The normalized spacial score (nSPS) is 10.8. The lowest BCUT2D eigenvalue weighted by molar-refractivity contribution is 0.971. The Hall–Kier alpha value is -2.21. The van der Waals surface area contributed by atoms with Crippen molar-refractivity contribution in [1.29, 1.82) is 0 Å². The summed E-state index contributed by atoms with van der Waals surface area (Å²) in [5, 5.41) is 3.25. The number of nitrogens with zero attached hydrogens (tertiary/aromatic N) is 4. The first kappa shape index (κ1) is 11.9. The molecule has 3 aromatic rings. The van der Waals surface area contributed by atoms with Crippen molar-refractivity contribution in [3.8, 4) is 11.4 Å². The number of nitrogen functional groups attached to an aromatic ring is 1. The van der Waals surface area contributed by atoms with Crippen LogP contribution in [0.2, 0.25) is 0 Å². The topological polar surface area (TPSA) is 67.9 Å². The second-order valence-corrected chi connectivity index (χ2v) is 5.27. The number of aromatic nitrogens is 3. The molecule has 0 saturated heterocycles. The van der Waals surface area contributed by atoms with Crippen LogP contribution >= 0.6 is 11.3 Å². The number of thiophene rings is 1. The Bertz CT molecular complexity index is 735. The van der Waals surface area contributed by atoms with Crippen LogP contribution in [-0.4, -0.2) is 29.0 Å². The van der Waals surface area contributed by atoms with Crippen LogP contribution in [0.4, 0.5) is 11.9 Å². The lowest BCUT2D eigenvalue weighted by Gasteiger charge is -2.11. The quantitative estimate of drug-likeness (QED) is 0.775. The summed E-state index contributed by atoms with van der Waals surface area (Å²) in [5.41, 5.74) is 6.76. The molecule has 0 aliphatic rings. The third-order valence-electron chi connectivity index (χ3n) is 2.76. The summed E-state index contributed by atoms with van der Waals surface area (Å²) in [4.78, 5) is 14.6. The monoisotopic (exact) mass is 271 g/mol. The van der Waals surface area contributed by atoms with Crippen molar-refractivity contribution in [2.24, 2.45) is 0 Å². The second-order valence-electron chi connectivity index (χ2n) is 4.36. The van der Waals surface area contributed by atoms with Gasteiger partial charge in [0, 0.05) is 24.4 Å². The first-order valence-corrected chi connectivity index (χ1v) is 6.68. The smallest absolute Gasteiger partial charge is 0.230 e. The summed E-state index contributed by atoms with van der Waals surface area (Å²) >= 11 is 1.67. The molecule has 5 nitrogen and oxygen atoms in total. The average Bonchev–Trinajstić information content (AvgIpc) is 2.85. The van der Waals surface area contributed by atoms with Crippen LogP contribution < -0.4 is 10.6 Å². The minimum atomic E-state index is 0.238. The molecule has 2 heterocycles. The number of rotatable bonds is 2. The van der Waals surface area contributed by atoms with Gasteiger partial charge in [-0.2, -0.15) is 15.0 Å². The highest BCUT2D eigenvalue weighted by molar-refractivity contribution is 7.17. The molecule has 1 aromatic carbocycles. The first-order valence-electron chi connectivity index (χ1n) is 5.80. The van der Waals surface area contributed by atoms with Crippen LogP contribution in [0.5, 0.6) is 0 Å². The van der Waals surface area contributed by atoms with E-state index in [1.807, 2.05) is 31.1 Å². The van der Waals surface area contributed by atoms with Crippen molar-refractivity contribution in [3.63, 3.8) is 0 Å². The van der Waals surface area contributed by atoms with Crippen LogP contribution in [0, 0.1) is 0 Å². The number of fused-ring (bicyclic) bond motifs is 1. The highest BCUT2D eigenvalue weighted by atomic mass is 32.1. The lowest BCUT2D eigenvalue weighted by atomic mass is 10.1. The van der Waals surface area contributed by atoms with E-state index >= 15 is 0 Å². The maximum atomic E-state index is 5.77. The van der Waals surface area contributed by atoms with E-state index in [4.69, 9.17) is 5.73 Å². The Balaban J connectivity index is 2.24. The van der Waals surface area contributed by atoms with Crippen molar-refractivity contribution in [1.82, 2.24) is 15.0 Å². The Labute approximate surface area is 114 Å². The molecule has 6 heteroatoms. The van der Waals surface area contributed by atoms with Crippen LogP contribution in [0.3, 0.4) is 0 Å². The van der Waals surface area contributed by atoms with E-state index in [2.05, 4.69) is 32.5 Å². The highest BCUT2D eigenvalue weighted by Crippen LogP contribution is 2.31. The maximum Gasteiger partial charge on any atom is 0.230 e. The van der Waals surface area contributed by atoms with Crippen molar-refractivity contribution in [2.45, 2.75) is 0 Å². The van der Waals surface area contributed by atoms with Gasteiger partial charge in [0.05, 0.1) is 0 Å². The predicted octanol–water partition coefficient (Wildman–Crippen LogP) is 2.40. The fourth-order valence-corrected chi connectivity index (χ4v) is 2.78. The Morgan fingerprint density at radius 1 is 1.11 bits per heavy atom. The van der Waals surface area contributed by atoms with E-state index in [1.165, 1.54) is 5.39 Å². The fourth-order valence-electron chi connectivity index (χ4n) is 1.87. The molecule has 0 saturated carbocycles. The minimum absolute atomic E-state index is 0.238. The van der Waals surface area contributed by atoms with E-state index in [-0.39, 0.29) is 5.95 Å². The van der Waals surface area contributed by atoms with E-state index < -0.39 is 0 Å². The highest BCUT2D eigenvalue weighted by Gasteiger charge is 2.11. The van der Waals surface area contributed by atoms with Gasteiger partial charge in [0.2, 0.25) is 11.9 Å². The number of anilines is 2. The van der Waals surface area contributed by atoms with Crippen molar-refractivity contribution >= 4 is 33.3 Å². The van der Waals surface area contributed by atoms with Crippen LogP contribution in [0.25, 0.3) is 21.5 Å². The second kappa shape index (κ2) is 4.47. The van der Waals surface area contributed by atoms with Gasteiger partial charge >= 0.3 is 0 Å². The largest absolute Gasteiger partial charge is 0.368 e. The molecule has 0 unspecified atom stereocenters. The van der Waals surface area contributed by atoms with Gasteiger partial charge in [-0.1, -0.05) is 12.1 Å². The van der Waals surface area contributed by atoms with Gasteiger partial charge in [0.25, 0.3) is 0 Å². The van der Waals surface area contributed by atoms with Gasteiger partial charge < -0.3 is 10.6 Å². The van der Waals surface area contributed by atoms with E-state index in [0.29, 0.717) is 11.8 Å². The zero-order valence-electron chi connectivity index (χ0n) is 10.7. The van der Waals surface area contributed by atoms with Gasteiger partial charge in [0.15, 0.2) is 5.82 Å². The third-order valence-corrected chi connectivity index (χ3v) is 3.72. The molecule has 2 aromatic heterocycles. The predicted molar refractivity (Wildman–Crippen MR) is 79.4 cm³/mol. The third kappa shape index (κ3) is 2.10. The molecule has 0 amide bonds. The molecular formula is C13H13N5S. The number of hydrogen-bond donors (Lipinski definition) is 1. The Morgan fingerprint density at radius 2 is 1.95 bits per heavy atom. The van der Waals surface area contributed by atoms with Crippen LogP contribution in [0.1, 0.15) is 0 Å². The molecule has 0 spiro atoms. The van der Waals surface area contributed by atoms with Crippen molar-refractivity contribution in [2.75, 3.05) is 24.7 Å². The zero-order valence-corrected chi connectivity index (χ0v) is 11.5. The molecule has 0 radical (unpaired) electrons. The summed E-state index contributed by atoms with van der Waals surface area (Å²) in [6.45, 7) is 0. The lowest BCUT2D eigenvalue weighted by Crippen LogP contribution is -2.15. The molecule has 0 aliphatic carbocycles. The first-order chi connectivity index (χ1) is 9.15. The van der Waals surface area contributed by atoms with E-state index in [1.54, 1.807) is 11.3 Å². The fraction of sp³-hybridized carbons (Fsp3) is 0.154.